The van der Waals surface area contributed by atoms with Crippen LogP contribution in [-0.2, 0) is 4.79 Å². The van der Waals surface area contributed by atoms with E-state index >= 15 is 0 Å². The van der Waals surface area contributed by atoms with E-state index in [1.165, 1.54) is 0 Å². The summed E-state index contributed by atoms with van der Waals surface area (Å²) in [6.07, 6.45) is 1.88. The number of carbonyl (C=O) groups is 1. The summed E-state index contributed by atoms with van der Waals surface area (Å²) >= 11 is 4.06. The summed E-state index contributed by atoms with van der Waals surface area (Å²) in [6, 6.07) is -0.131. The Labute approximate surface area is 59.7 Å². The van der Waals surface area contributed by atoms with Crippen LogP contribution in [0.4, 0.5) is 0 Å². The minimum atomic E-state index is -0.262. The second-order valence-electron chi connectivity index (χ2n) is 2.22. The fraction of sp³-hybridized carbons (Fsp3) is 0.800. The number of carbonyl (C=O) groups excluding carboxylic acids is 1. The molecule has 1 heterocycles. The lowest BCUT2D eigenvalue weighted by molar-refractivity contribution is -0.120. The van der Waals surface area contributed by atoms with Crippen molar-refractivity contribution in [3.05, 3.63) is 0 Å². The summed E-state index contributed by atoms with van der Waals surface area (Å²) in [5.41, 5.74) is 5.06. The molecule has 1 aliphatic rings. The van der Waals surface area contributed by atoms with Gasteiger partial charge in [0.25, 0.3) is 0 Å². The number of primary amides is 1. The summed E-state index contributed by atoms with van der Waals surface area (Å²) in [5, 5.41) is 0. The Kier molecular flexibility index (Phi) is 1.97. The predicted molar refractivity (Wildman–Crippen MR) is 37.9 cm³/mol. The fourth-order valence-electron chi connectivity index (χ4n) is 1.04. The minimum absolute atomic E-state index is 0.131. The van der Waals surface area contributed by atoms with Crippen LogP contribution in [0.1, 0.15) is 12.8 Å². The Balaban J connectivity index is 2.49. The van der Waals surface area contributed by atoms with Gasteiger partial charge in [0.1, 0.15) is 0 Å². The lowest BCUT2D eigenvalue weighted by Crippen LogP contribution is -2.34. The number of amides is 1. The van der Waals surface area contributed by atoms with Crippen molar-refractivity contribution in [2.75, 3.05) is 6.54 Å². The van der Waals surface area contributed by atoms with E-state index in [2.05, 4.69) is 12.8 Å². The molecule has 0 unspecified atom stereocenters. The predicted octanol–water partition coefficient (Wildman–Crippen LogP) is -0.219. The highest BCUT2D eigenvalue weighted by molar-refractivity contribution is 7.77. The third-order valence-corrected chi connectivity index (χ3v) is 2.03. The van der Waals surface area contributed by atoms with Crippen molar-refractivity contribution in [1.82, 2.24) is 4.31 Å². The SMILES string of the molecule is NC(=O)[C@@H]1CCCN1S. The third-order valence-electron chi connectivity index (χ3n) is 1.55. The molecule has 1 amide bonds. The molecular formula is C5H10N2OS. The van der Waals surface area contributed by atoms with Gasteiger partial charge < -0.3 is 5.73 Å². The first-order valence-corrected chi connectivity index (χ1v) is 3.36. The van der Waals surface area contributed by atoms with Gasteiger partial charge in [0.15, 0.2) is 0 Å². The Morgan fingerprint density at radius 3 is 2.67 bits per heavy atom. The summed E-state index contributed by atoms with van der Waals surface area (Å²) in [5.74, 6) is -0.262. The molecule has 0 bridgehead atoms. The zero-order valence-corrected chi connectivity index (χ0v) is 5.97. The van der Waals surface area contributed by atoms with Crippen molar-refractivity contribution >= 4 is 18.7 Å². The topological polar surface area (TPSA) is 46.3 Å². The minimum Gasteiger partial charge on any atom is -0.368 e. The van der Waals surface area contributed by atoms with Crippen LogP contribution >= 0.6 is 12.8 Å². The normalized spacial score (nSPS) is 28.8. The van der Waals surface area contributed by atoms with Crippen LogP contribution in [0.3, 0.4) is 0 Å². The molecule has 0 aromatic rings. The van der Waals surface area contributed by atoms with Gasteiger partial charge in [-0.2, -0.15) is 0 Å². The van der Waals surface area contributed by atoms with Crippen molar-refractivity contribution in [3.8, 4) is 0 Å². The summed E-state index contributed by atoms with van der Waals surface area (Å²) in [4.78, 5) is 10.5. The zero-order valence-electron chi connectivity index (χ0n) is 5.08. The van der Waals surface area contributed by atoms with E-state index in [0.29, 0.717) is 0 Å². The molecule has 52 valence electrons. The van der Waals surface area contributed by atoms with Gasteiger partial charge >= 0.3 is 0 Å². The van der Waals surface area contributed by atoms with Crippen LogP contribution in [0.15, 0.2) is 0 Å². The number of thiol groups is 1. The highest BCUT2D eigenvalue weighted by atomic mass is 32.1. The molecule has 1 aliphatic heterocycles. The van der Waals surface area contributed by atoms with Crippen LogP contribution in [0.2, 0.25) is 0 Å². The van der Waals surface area contributed by atoms with E-state index in [1.54, 1.807) is 4.31 Å². The third kappa shape index (κ3) is 1.37. The van der Waals surface area contributed by atoms with Gasteiger partial charge in [-0.3, -0.25) is 4.79 Å². The summed E-state index contributed by atoms with van der Waals surface area (Å²) in [6.45, 7) is 0.872. The summed E-state index contributed by atoms with van der Waals surface area (Å²) < 4.78 is 1.70. The van der Waals surface area contributed by atoms with Gasteiger partial charge in [-0.1, -0.05) is 12.8 Å². The molecule has 1 fully saturated rings. The van der Waals surface area contributed by atoms with E-state index in [4.69, 9.17) is 5.73 Å². The smallest absolute Gasteiger partial charge is 0.235 e. The molecule has 0 saturated carbocycles. The van der Waals surface area contributed by atoms with Gasteiger partial charge in [0.2, 0.25) is 5.91 Å². The Hall–Kier alpha value is -0.220. The first kappa shape index (κ1) is 6.89. The average molecular weight is 146 g/mol. The second-order valence-corrected chi connectivity index (χ2v) is 2.74. The van der Waals surface area contributed by atoms with E-state index < -0.39 is 0 Å². The molecule has 0 spiro atoms. The molecule has 9 heavy (non-hydrogen) atoms. The maximum absolute atomic E-state index is 10.5. The quantitative estimate of drug-likeness (QED) is 0.502. The van der Waals surface area contributed by atoms with Crippen molar-refractivity contribution in [2.24, 2.45) is 5.73 Å². The fourth-order valence-corrected chi connectivity index (χ4v) is 1.41. The number of rotatable bonds is 1. The maximum atomic E-state index is 10.5. The molecular weight excluding hydrogens is 136 g/mol. The van der Waals surface area contributed by atoms with Gasteiger partial charge in [-0.05, 0) is 12.8 Å². The molecule has 2 N–H and O–H groups in total. The van der Waals surface area contributed by atoms with Crippen LogP contribution in [0, 0.1) is 0 Å². The highest BCUT2D eigenvalue weighted by Crippen LogP contribution is 2.17. The standard InChI is InChI=1S/C5H10N2OS/c6-5(8)4-2-1-3-7(4)9/h4,9H,1-3H2,(H2,6,8)/t4-/m0/s1. The molecule has 3 nitrogen and oxygen atoms in total. The highest BCUT2D eigenvalue weighted by Gasteiger charge is 2.26. The average Bonchev–Trinajstić information content (AvgIpc) is 2.13. The van der Waals surface area contributed by atoms with E-state index in [0.717, 1.165) is 19.4 Å². The van der Waals surface area contributed by atoms with Gasteiger partial charge in [0, 0.05) is 6.54 Å². The Morgan fingerprint density at radius 1 is 1.78 bits per heavy atom. The van der Waals surface area contributed by atoms with Crippen LogP contribution in [0.5, 0.6) is 0 Å². The van der Waals surface area contributed by atoms with E-state index in [-0.39, 0.29) is 11.9 Å². The molecule has 0 radical (unpaired) electrons. The Morgan fingerprint density at radius 2 is 2.44 bits per heavy atom. The van der Waals surface area contributed by atoms with E-state index in [9.17, 15) is 4.79 Å². The van der Waals surface area contributed by atoms with Crippen molar-refractivity contribution < 1.29 is 4.79 Å². The number of nitrogens with two attached hydrogens (primary N) is 1. The maximum Gasteiger partial charge on any atom is 0.235 e. The lowest BCUT2D eigenvalue weighted by atomic mass is 10.2. The first-order valence-electron chi connectivity index (χ1n) is 2.96. The monoisotopic (exact) mass is 146 g/mol. The molecule has 1 rings (SSSR count). The molecule has 0 aliphatic carbocycles. The van der Waals surface area contributed by atoms with Crippen LogP contribution < -0.4 is 5.73 Å². The Bertz CT molecular complexity index is 128. The van der Waals surface area contributed by atoms with Crippen LogP contribution in [0.25, 0.3) is 0 Å². The molecule has 4 heteroatoms. The lowest BCUT2D eigenvalue weighted by Gasteiger charge is -2.12. The first-order chi connectivity index (χ1) is 4.22. The summed E-state index contributed by atoms with van der Waals surface area (Å²) in [7, 11) is 0. The van der Waals surface area contributed by atoms with Gasteiger partial charge in [0.05, 0.1) is 6.04 Å². The van der Waals surface area contributed by atoms with Crippen LogP contribution in [-0.4, -0.2) is 22.8 Å². The molecule has 1 atom stereocenters. The largest absolute Gasteiger partial charge is 0.368 e. The van der Waals surface area contributed by atoms with Crippen molar-refractivity contribution in [3.63, 3.8) is 0 Å². The molecule has 0 aromatic carbocycles. The molecule has 1 saturated heterocycles. The zero-order chi connectivity index (χ0) is 6.85. The van der Waals surface area contributed by atoms with Gasteiger partial charge in [-0.15, -0.1) is 0 Å². The molecule has 0 aromatic heterocycles. The van der Waals surface area contributed by atoms with E-state index in [1.807, 2.05) is 0 Å². The number of hydrogen-bond donors (Lipinski definition) is 2. The van der Waals surface area contributed by atoms with Gasteiger partial charge in [-0.25, -0.2) is 4.31 Å². The number of nitrogens with zero attached hydrogens (tertiary/aromatic N) is 1. The van der Waals surface area contributed by atoms with Crippen molar-refractivity contribution in [2.45, 2.75) is 18.9 Å². The second kappa shape index (κ2) is 2.58. The van der Waals surface area contributed by atoms with Crippen molar-refractivity contribution in [1.29, 1.82) is 0 Å². The number of hydrogen-bond acceptors (Lipinski definition) is 3.